The Bertz CT molecular complexity index is 1210. The first-order chi connectivity index (χ1) is 14.4. The van der Waals surface area contributed by atoms with E-state index in [4.69, 9.17) is 17.3 Å². The molecule has 6 nitrogen and oxygen atoms in total. The highest BCUT2D eigenvalue weighted by molar-refractivity contribution is 7.89. The molecule has 0 bridgehead atoms. The minimum Gasteiger partial charge on any atom is -0.336 e. The number of piperazine rings is 1. The standard InChI is InChI=1S/C22H22ClN3O3S.ClH/c23-20-6-4-18-14-21(7-5-17(18)13-20)30(28,29)26-10-8-25(9-11-26)22(27)19-3-1-2-16(12-19)15-24;/h1-7,12-14H,8-11,15,24H2;1H. The van der Waals surface area contributed by atoms with Gasteiger partial charge in [0.25, 0.3) is 5.91 Å². The molecule has 3 aromatic rings. The van der Waals surface area contributed by atoms with Gasteiger partial charge >= 0.3 is 0 Å². The lowest BCUT2D eigenvalue weighted by Crippen LogP contribution is -2.50. The summed E-state index contributed by atoms with van der Waals surface area (Å²) in [6.45, 7) is 1.56. The second-order valence-electron chi connectivity index (χ2n) is 7.25. The van der Waals surface area contributed by atoms with Crippen LogP contribution in [-0.2, 0) is 16.6 Å². The molecule has 1 heterocycles. The van der Waals surface area contributed by atoms with E-state index in [2.05, 4.69) is 0 Å². The molecule has 1 amide bonds. The molecule has 1 fully saturated rings. The Morgan fingerprint density at radius 3 is 2.32 bits per heavy atom. The van der Waals surface area contributed by atoms with Crippen LogP contribution < -0.4 is 5.73 Å². The van der Waals surface area contributed by atoms with Crippen LogP contribution in [0.25, 0.3) is 10.8 Å². The number of amides is 1. The molecule has 9 heteroatoms. The quantitative estimate of drug-likeness (QED) is 0.620. The van der Waals surface area contributed by atoms with Crippen molar-refractivity contribution in [3.05, 3.63) is 76.8 Å². The summed E-state index contributed by atoms with van der Waals surface area (Å²) < 4.78 is 27.7. The lowest BCUT2D eigenvalue weighted by atomic mass is 10.1. The Balaban J connectivity index is 0.00000272. The molecule has 0 unspecified atom stereocenters. The highest BCUT2D eigenvalue weighted by Gasteiger charge is 2.30. The fourth-order valence-electron chi connectivity index (χ4n) is 3.65. The van der Waals surface area contributed by atoms with E-state index in [9.17, 15) is 13.2 Å². The Morgan fingerprint density at radius 2 is 1.61 bits per heavy atom. The molecule has 1 aliphatic rings. The zero-order valence-corrected chi connectivity index (χ0v) is 19.1. The molecule has 0 radical (unpaired) electrons. The van der Waals surface area contributed by atoms with Crippen LogP contribution in [0.1, 0.15) is 15.9 Å². The summed E-state index contributed by atoms with van der Waals surface area (Å²) in [5.41, 5.74) is 7.12. The van der Waals surface area contributed by atoms with Crippen molar-refractivity contribution in [1.29, 1.82) is 0 Å². The molecule has 0 aromatic heterocycles. The zero-order valence-electron chi connectivity index (χ0n) is 16.7. The van der Waals surface area contributed by atoms with Crippen molar-refractivity contribution in [2.75, 3.05) is 26.2 Å². The van der Waals surface area contributed by atoms with Crippen LogP contribution in [0.3, 0.4) is 0 Å². The largest absolute Gasteiger partial charge is 0.336 e. The summed E-state index contributed by atoms with van der Waals surface area (Å²) in [6, 6.07) is 17.6. The molecule has 2 N–H and O–H groups in total. The number of nitrogens with two attached hydrogens (primary N) is 1. The Hall–Kier alpha value is -2.16. The average molecular weight is 480 g/mol. The second kappa shape index (κ2) is 9.54. The van der Waals surface area contributed by atoms with Gasteiger partial charge < -0.3 is 10.6 Å². The van der Waals surface area contributed by atoms with Gasteiger partial charge in [-0.15, -0.1) is 12.4 Å². The third kappa shape index (κ3) is 4.86. The van der Waals surface area contributed by atoms with Crippen molar-refractivity contribution in [3.63, 3.8) is 0 Å². The van der Waals surface area contributed by atoms with Crippen LogP contribution in [0.4, 0.5) is 0 Å². The van der Waals surface area contributed by atoms with Crippen molar-refractivity contribution < 1.29 is 13.2 Å². The first-order valence-electron chi connectivity index (χ1n) is 9.66. The van der Waals surface area contributed by atoms with Crippen molar-refractivity contribution >= 4 is 50.7 Å². The maximum absolute atomic E-state index is 13.1. The fraction of sp³-hybridized carbons (Fsp3) is 0.227. The summed E-state index contributed by atoms with van der Waals surface area (Å²) in [6.07, 6.45) is 0. The summed E-state index contributed by atoms with van der Waals surface area (Å²) >= 11 is 6.01. The van der Waals surface area contributed by atoms with E-state index in [-0.39, 0.29) is 36.3 Å². The highest BCUT2D eigenvalue weighted by atomic mass is 35.5. The third-order valence-electron chi connectivity index (χ3n) is 5.35. The molecule has 0 aliphatic carbocycles. The van der Waals surface area contributed by atoms with Crippen molar-refractivity contribution in [2.45, 2.75) is 11.4 Å². The summed E-state index contributed by atoms with van der Waals surface area (Å²) in [5.74, 6) is -0.107. The topological polar surface area (TPSA) is 83.7 Å². The minimum absolute atomic E-state index is 0. The second-order valence-corrected chi connectivity index (χ2v) is 9.63. The molecular formula is C22H23Cl2N3O3S. The van der Waals surface area contributed by atoms with Gasteiger partial charge in [-0.05, 0) is 52.7 Å². The number of halogens is 2. The molecule has 0 spiro atoms. The summed E-state index contributed by atoms with van der Waals surface area (Å²) in [7, 11) is -3.64. The van der Waals surface area contributed by atoms with E-state index in [1.165, 1.54) is 4.31 Å². The van der Waals surface area contributed by atoms with Crippen LogP contribution in [0.2, 0.25) is 5.02 Å². The van der Waals surface area contributed by atoms with Crippen molar-refractivity contribution in [3.8, 4) is 0 Å². The number of carbonyl (C=O) groups excluding carboxylic acids is 1. The monoisotopic (exact) mass is 479 g/mol. The zero-order chi connectivity index (χ0) is 21.3. The van der Waals surface area contributed by atoms with Gasteiger partial charge in [-0.2, -0.15) is 4.31 Å². The predicted octanol–water partition coefficient (Wildman–Crippen LogP) is 3.52. The lowest BCUT2D eigenvalue weighted by Gasteiger charge is -2.34. The molecule has 164 valence electrons. The Kier molecular flexibility index (Phi) is 7.24. The minimum atomic E-state index is -3.64. The van der Waals surface area contributed by atoms with Crippen molar-refractivity contribution in [1.82, 2.24) is 9.21 Å². The third-order valence-corrected chi connectivity index (χ3v) is 7.48. The number of benzene rings is 3. The van der Waals surface area contributed by atoms with Gasteiger partial charge in [-0.3, -0.25) is 4.79 Å². The van der Waals surface area contributed by atoms with Gasteiger partial charge in [-0.25, -0.2) is 8.42 Å². The first-order valence-corrected chi connectivity index (χ1v) is 11.5. The van der Waals surface area contributed by atoms with Gasteiger partial charge in [0.15, 0.2) is 0 Å². The first kappa shape index (κ1) is 23.5. The van der Waals surface area contributed by atoms with E-state index in [0.29, 0.717) is 30.2 Å². The molecule has 31 heavy (non-hydrogen) atoms. The van der Waals surface area contributed by atoms with Crippen LogP contribution in [0, 0.1) is 0 Å². The van der Waals surface area contributed by atoms with E-state index in [1.54, 1.807) is 47.4 Å². The number of hydrogen-bond acceptors (Lipinski definition) is 4. The maximum Gasteiger partial charge on any atom is 0.253 e. The lowest BCUT2D eigenvalue weighted by molar-refractivity contribution is 0.0698. The normalized spacial score (nSPS) is 15.0. The van der Waals surface area contributed by atoms with Gasteiger partial charge in [-0.1, -0.05) is 35.9 Å². The number of rotatable bonds is 4. The fourth-order valence-corrected chi connectivity index (χ4v) is 5.29. The van der Waals surface area contributed by atoms with E-state index in [1.807, 2.05) is 18.2 Å². The van der Waals surface area contributed by atoms with E-state index >= 15 is 0 Å². The summed E-state index contributed by atoms with van der Waals surface area (Å²) in [5, 5.41) is 2.31. The van der Waals surface area contributed by atoms with Crippen LogP contribution in [-0.4, -0.2) is 49.7 Å². The highest BCUT2D eigenvalue weighted by Crippen LogP contribution is 2.25. The Morgan fingerprint density at radius 1 is 0.935 bits per heavy atom. The van der Waals surface area contributed by atoms with Crippen LogP contribution in [0.15, 0.2) is 65.6 Å². The molecule has 1 aliphatic heterocycles. The van der Waals surface area contributed by atoms with Crippen LogP contribution >= 0.6 is 24.0 Å². The maximum atomic E-state index is 13.1. The molecule has 4 rings (SSSR count). The van der Waals surface area contributed by atoms with Gasteiger partial charge in [0.2, 0.25) is 10.0 Å². The Labute approximate surface area is 193 Å². The summed E-state index contributed by atoms with van der Waals surface area (Å²) in [4.78, 5) is 14.7. The van der Waals surface area contributed by atoms with Crippen molar-refractivity contribution in [2.24, 2.45) is 5.73 Å². The molecule has 0 saturated carbocycles. The number of carbonyl (C=O) groups is 1. The van der Waals surface area contributed by atoms with E-state index in [0.717, 1.165) is 16.3 Å². The number of fused-ring (bicyclic) bond motifs is 1. The SMILES string of the molecule is Cl.NCc1cccc(C(=O)N2CCN(S(=O)(=O)c3ccc4cc(Cl)ccc4c3)CC2)c1. The van der Waals surface area contributed by atoms with Crippen LogP contribution in [0.5, 0.6) is 0 Å². The number of nitrogens with zero attached hydrogens (tertiary/aromatic N) is 2. The molecule has 0 atom stereocenters. The molecular weight excluding hydrogens is 457 g/mol. The molecule has 3 aromatic carbocycles. The van der Waals surface area contributed by atoms with Gasteiger partial charge in [0.05, 0.1) is 4.90 Å². The van der Waals surface area contributed by atoms with E-state index < -0.39 is 10.0 Å². The smallest absolute Gasteiger partial charge is 0.253 e. The predicted molar refractivity (Wildman–Crippen MR) is 125 cm³/mol. The van der Waals surface area contributed by atoms with Gasteiger partial charge in [0, 0.05) is 43.3 Å². The molecule has 1 saturated heterocycles. The number of sulfonamides is 1. The van der Waals surface area contributed by atoms with Gasteiger partial charge in [0.1, 0.15) is 0 Å². The number of hydrogen-bond donors (Lipinski definition) is 1. The average Bonchev–Trinajstić information content (AvgIpc) is 2.78.